The summed E-state index contributed by atoms with van der Waals surface area (Å²) in [4.78, 5) is 45.2. The van der Waals surface area contributed by atoms with Gasteiger partial charge < -0.3 is 58.1 Å². The highest BCUT2D eigenvalue weighted by atomic mass is 16.7. The summed E-state index contributed by atoms with van der Waals surface area (Å²) in [5, 5.41) is 33.9. The quantitative estimate of drug-likeness (QED) is 0.272. The number of carbonyl (C=O) groups is 3. The van der Waals surface area contributed by atoms with E-state index >= 15 is 0 Å². The van der Waals surface area contributed by atoms with E-state index in [1.54, 1.807) is 41.7 Å². The molecule has 4 aliphatic rings. The number of carbonyl (C=O) groups excluding carboxylic acids is 3. The van der Waals surface area contributed by atoms with Gasteiger partial charge >= 0.3 is 11.9 Å². The van der Waals surface area contributed by atoms with Gasteiger partial charge in [-0.2, -0.15) is 0 Å². The fourth-order valence-electron chi connectivity index (χ4n) is 10.5. The number of aliphatic hydroxyl groups excluding tert-OH is 2. The fourth-order valence-corrected chi connectivity index (χ4v) is 10.5. The Hall–Kier alpha value is -1.83. The molecule has 4 rings (SSSR count). The van der Waals surface area contributed by atoms with Crippen LogP contribution in [-0.2, 0) is 52.3 Å². The summed E-state index contributed by atoms with van der Waals surface area (Å²) in [5.41, 5.74) is -4.24. The van der Waals surface area contributed by atoms with E-state index in [1.807, 2.05) is 41.8 Å². The zero-order valence-electron chi connectivity index (χ0n) is 38.9. The molecule has 0 unspecified atom stereocenters. The first-order valence-electron chi connectivity index (χ1n) is 22.0. The number of likely N-dealkylation sites (tertiary alicyclic amines) is 1. The highest BCUT2D eigenvalue weighted by Crippen LogP contribution is 2.43. The SMILES string of the molecule is CC[C@H]1OC(=O)[C@H](C)[C@@H](O[C@H]2C[C@@](C)(OC)[C@@H](OC(C)=O)[C@H](C)O2)[C@H](C)[C@@H](O[C@@H]2O[C@H](C)C[C@@H](N3CC[C@H](O)C3)[C@@H]2N(C)C)[C@@](C)(OC)C[C@@H](C)C(=O)[C@H](C)[C@@H](O)[C@]1(C)O. The number of nitrogens with zero attached hydrogens (tertiary/aromatic N) is 2. The largest absolute Gasteiger partial charge is 0.459 e. The first-order chi connectivity index (χ1) is 27.8. The van der Waals surface area contributed by atoms with Crippen LogP contribution in [0.3, 0.4) is 0 Å². The standard InChI is InChI=1S/C44H78N2O14/c1-16-32-44(11,52)37(50)25(4)35(49)23(2)20-42(9,53-14)38(60-41-34(45(12)13)31(19-24(3)55-41)46-18-17-30(48)22-46)26(5)36(27(6)40(51)58-32)59-33-21-43(10,54-15)39(28(7)56-33)57-29(8)47/h23-28,30-34,36-39,41,48,50,52H,16-22H2,1-15H3/t23-,24-,25+,26+,27-,28+,30+,31-,32-,33+,34+,36+,37-,38-,39+,41+,42+,43-,44-/m1/s1. The minimum absolute atomic E-state index is 0.0231. The fraction of sp³-hybridized carbons (Fsp3) is 0.932. The van der Waals surface area contributed by atoms with Crippen LogP contribution in [0.4, 0.5) is 0 Å². The average Bonchev–Trinajstić information content (AvgIpc) is 3.62. The number of Topliss-reactive ketones (excluding diaryl/α,β-unsaturated/α-hetero) is 1. The van der Waals surface area contributed by atoms with Crippen molar-refractivity contribution in [1.82, 2.24) is 9.80 Å². The number of likely N-dealkylation sites (N-methyl/N-ethyl adjacent to an activating group) is 1. The van der Waals surface area contributed by atoms with Crippen molar-refractivity contribution < 1.29 is 67.6 Å². The van der Waals surface area contributed by atoms with Gasteiger partial charge in [0.2, 0.25) is 0 Å². The van der Waals surface area contributed by atoms with E-state index in [1.165, 1.54) is 21.0 Å². The third kappa shape index (κ3) is 10.9. The van der Waals surface area contributed by atoms with Crippen molar-refractivity contribution in [2.75, 3.05) is 41.4 Å². The Morgan fingerprint density at radius 3 is 2.07 bits per heavy atom. The maximum absolute atomic E-state index is 14.5. The van der Waals surface area contributed by atoms with Crippen molar-refractivity contribution in [1.29, 1.82) is 0 Å². The Labute approximate surface area is 358 Å². The number of hydrogen-bond acceptors (Lipinski definition) is 16. The number of ether oxygens (including phenoxy) is 8. The molecule has 3 N–H and O–H groups in total. The number of cyclic esters (lactones) is 1. The molecule has 16 heteroatoms. The predicted molar refractivity (Wildman–Crippen MR) is 221 cm³/mol. The first kappa shape index (κ1) is 50.8. The van der Waals surface area contributed by atoms with Crippen LogP contribution in [0.2, 0.25) is 0 Å². The molecule has 0 aliphatic carbocycles. The van der Waals surface area contributed by atoms with E-state index < -0.39 is 108 Å². The lowest BCUT2D eigenvalue weighted by Gasteiger charge is -2.52. The van der Waals surface area contributed by atoms with E-state index in [-0.39, 0.29) is 43.2 Å². The van der Waals surface area contributed by atoms with Crippen LogP contribution < -0.4 is 0 Å². The summed E-state index contributed by atoms with van der Waals surface area (Å²) in [7, 11) is 7.03. The average molecular weight is 859 g/mol. The zero-order valence-corrected chi connectivity index (χ0v) is 38.9. The topological polar surface area (TPSA) is 192 Å². The molecule has 16 nitrogen and oxygen atoms in total. The molecular formula is C44H78N2O14. The number of ketones is 1. The molecule has 60 heavy (non-hydrogen) atoms. The Balaban J connectivity index is 1.88. The van der Waals surface area contributed by atoms with Crippen molar-refractivity contribution in [3.05, 3.63) is 0 Å². The second-order valence-corrected chi connectivity index (χ2v) is 19.2. The van der Waals surface area contributed by atoms with Crippen LogP contribution in [0.5, 0.6) is 0 Å². The summed E-state index contributed by atoms with van der Waals surface area (Å²) in [6.45, 7) is 20.1. The summed E-state index contributed by atoms with van der Waals surface area (Å²) in [5.74, 6) is -4.90. The molecule has 4 aliphatic heterocycles. The minimum Gasteiger partial charge on any atom is -0.459 e. The molecule has 0 radical (unpaired) electrons. The van der Waals surface area contributed by atoms with Crippen molar-refractivity contribution in [3.63, 3.8) is 0 Å². The number of esters is 2. The van der Waals surface area contributed by atoms with E-state index in [4.69, 9.17) is 37.9 Å². The molecule has 0 saturated carbocycles. The smallest absolute Gasteiger partial charge is 0.311 e. The molecule has 0 aromatic heterocycles. The number of aliphatic hydroxyl groups is 3. The third-order valence-electron chi connectivity index (χ3n) is 14.1. The van der Waals surface area contributed by atoms with Crippen molar-refractivity contribution in [2.45, 2.75) is 199 Å². The van der Waals surface area contributed by atoms with E-state index in [0.717, 1.165) is 6.54 Å². The minimum atomic E-state index is -1.98. The van der Waals surface area contributed by atoms with Gasteiger partial charge in [0, 0.05) is 64.4 Å². The van der Waals surface area contributed by atoms with Gasteiger partial charge in [-0.05, 0) is 81.3 Å². The van der Waals surface area contributed by atoms with Crippen LogP contribution in [0.15, 0.2) is 0 Å². The lowest BCUT2D eigenvalue weighted by molar-refractivity contribution is -0.315. The maximum atomic E-state index is 14.5. The summed E-state index contributed by atoms with van der Waals surface area (Å²) in [6, 6.07) is -0.315. The molecule has 0 bridgehead atoms. The maximum Gasteiger partial charge on any atom is 0.311 e. The van der Waals surface area contributed by atoms with E-state index in [0.29, 0.717) is 19.4 Å². The van der Waals surface area contributed by atoms with Crippen LogP contribution in [0, 0.1) is 23.7 Å². The van der Waals surface area contributed by atoms with Crippen LogP contribution >= 0.6 is 0 Å². The third-order valence-corrected chi connectivity index (χ3v) is 14.1. The van der Waals surface area contributed by atoms with Crippen LogP contribution in [0.25, 0.3) is 0 Å². The summed E-state index contributed by atoms with van der Waals surface area (Å²) in [6.07, 6.45) is -6.71. The highest BCUT2D eigenvalue weighted by molar-refractivity contribution is 5.83. The van der Waals surface area contributed by atoms with Crippen LogP contribution in [-0.4, -0.2) is 175 Å². The molecule has 19 atom stereocenters. The van der Waals surface area contributed by atoms with Gasteiger partial charge in [-0.1, -0.05) is 27.7 Å². The first-order valence-corrected chi connectivity index (χ1v) is 22.0. The Morgan fingerprint density at radius 1 is 0.917 bits per heavy atom. The van der Waals surface area contributed by atoms with Gasteiger partial charge in [0.25, 0.3) is 0 Å². The second-order valence-electron chi connectivity index (χ2n) is 19.2. The number of β-amino-alcohol motifs (C(OH)–C–C–N with tert-alkyl or cyclic N) is 1. The van der Waals surface area contributed by atoms with Gasteiger partial charge in [0.15, 0.2) is 18.7 Å². The van der Waals surface area contributed by atoms with E-state index in [2.05, 4.69) is 9.80 Å². The van der Waals surface area contributed by atoms with Crippen molar-refractivity contribution in [3.8, 4) is 0 Å². The molecule has 0 spiro atoms. The van der Waals surface area contributed by atoms with Gasteiger partial charge in [0.1, 0.15) is 23.1 Å². The summed E-state index contributed by atoms with van der Waals surface area (Å²) >= 11 is 0. The van der Waals surface area contributed by atoms with E-state index in [9.17, 15) is 29.7 Å². The monoisotopic (exact) mass is 859 g/mol. The Kier molecular flexibility index (Phi) is 17.2. The number of hydrogen-bond donors (Lipinski definition) is 3. The van der Waals surface area contributed by atoms with Crippen molar-refractivity contribution in [2.24, 2.45) is 23.7 Å². The lowest BCUT2D eigenvalue weighted by Crippen LogP contribution is -2.64. The van der Waals surface area contributed by atoms with Gasteiger partial charge in [-0.25, -0.2) is 0 Å². The second kappa shape index (κ2) is 20.3. The number of rotatable bonds is 10. The molecular weight excluding hydrogens is 780 g/mol. The molecule has 4 fully saturated rings. The molecule has 348 valence electrons. The summed E-state index contributed by atoms with van der Waals surface area (Å²) < 4.78 is 51.5. The van der Waals surface area contributed by atoms with Gasteiger partial charge in [-0.15, -0.1) is 0 Å². The Morgan fingerprint density at radius 2 is 1.53 bits per heavy atom. The number of methoxy groups -OCH3 is 2. The van der Waals surface area contributed by atoms with Crippen LogP contribution in [0.1, 0.15) is 108 Å². The molecule has 0 amide bonds. The molecule has 4 saturated heterocycles. The predicted octanol–water partition coefficient (Wildman–Crippen LogP) is 3.08. The molecule has 0 aromatic carbocycles. The Bertz CT molecular complexity index is 1450. The molecule has 0 aromatic rings. The van der Waals surface area contributed by atoms with Crippen molar-refractivity contribution >= 4 is 17.7 Å². The zero-order chi connectivity index (χ0) is 45.2. The van der Waals surface area contributed by atoms with Gasteiger partial charge in [-0.3, -0.25) is 19.3 Å². The highest BCUT2D eigenvalue weighted by Gasteiger charge is 2.55. The molecule has 4 heterocycles. The normalized spacial score (nSPS) is 46.9. The van der Waals surface area contributed by atoms with Gasteiger partial charge in [0.05, 0.1) is 54.2 Å². The lowest BCUT2D eigenvalue weighted by atomic mass is 9.73.